The van der Waals surface area contributed by atoms with Crippen LogP contribution in [-0.2, 0) is 14.3 Å². The Morgan fingerprint density at radius 2 is 2.00 bits per heavy atom. The Bertz CT molecular complexity index is 751. The van der Waals surface area contributed by atoms with Gasteiger partial charge in [0.25, 0.3) is 17.5 Å². The molecule has 0 radical (unpaired) electrons. The first-order valence-corrected chi connectivity index (χ1v) is 9.25. The van der Waals surface area contributed by atoms with Crippen molar-refractivity contribution in [1.82, 2.24) is 10.6 Å². The van der Waals surface area contributed by atoms with Gasteiger partial charge in [-0.2, -0.15) is 0 Å². The first-order valence-electron chi connectivity index (χ1n) is 9.25. The summed E-state index contributed by atoms with van der Waals surface area (Å²) < 4.78 is 4.88. The fourth-order valence-electron chi connectivity index (χ4n) is 3.25. The first-order chi connectivity index (χ1) is 13.3. The molecular formula is C19H25N3O6. The Balaban J connectivity index is 1.73. The first kappa shape index (κ1) is 21.3. The Morgan fingerprint density at radius 1 is 1.25 bits per heavy atom. The third-order valence-electron chi connectivity index (χ3n) is 5.13. The lowest BCUT2D eigenvalue weighted by Gasteiger charge is -2.34. The molecule has 1 aromatic rings. The maximum Gasteiger partial charge on any atom is 0.325 e. The maximum atomic E-state index is 12.0. The zero-order valence-corrected chi connectivity index (χ0v) is 16.0. The maximum absolute atomic E-state index is 12.0. The van der Waals surface area contributed by atoms with Crippen LogP contribution in [0.25, 0.3) is 0 Å². The Kier molecular flexibility index (Phi) is 7.48. The smallest absolute Gasteiger partial charge is 0.325 e. The number of nitrogens with one attached hydrogen (secondary N) is 2. The Morgan fingerprint density at radius 3 is 2.71 bits per heavy atom. The van der Waals surface area contributed by atoms with Gasteiger partial charge in [0.1, 0.15) is 6.54 Å². The fourth-order valence-corrected chi connectivity index (χ4v) is 3.25. The van der Waals surface area contributed by atoms with Gasteiger partial charge < -0.3 is 15.4 Å². The van der Waals surface area contributed by atoms with Crippen LogP contribution in [0.1, 0.15) is 43.5 Å². The van der Waals surface area contributed by atoms with E-state index < -0.39 is 30.0 Å². The minimum absolute atomic E-state index is 0.0557. The van der Waals surface area contributed by atoms with Crippen LogP contribution in [0.3, 0.4) is 0 Å². The summed E-state index contributed by atoms with van der Waals surface area (Å²) in [5.74, 6) is -0.883. The van der Waals surface area contributed by atoms with Crippen molar-refractivity contribution in [1.29, 1.82) is 0 Å². The Labute approximate surface area is 163 Å². The molecule has 0 unspecified atom stereocenters. The standard InChI is InChI=1S/C19H25N3O6/c1-12-5-3-8-16(13(12)2)21-17(23)11-28-18(24)10-20-19(25)14-6-4-7-15(9-14)22(26)27/h4,6-7,9,12-13,16H,3,5,8,10-11H2,1-2H3,(H,20,25)(H,21,23)/t12-,13-,16-/m1/s1. The van der Waals surface area contributed by atoms with E-state index in [1.807, 2.05) is 0 Å². The van der Waals surface area contributed by atoms with Gasteiger partial charge in [-0.05, 0) is 24.3 Å². The molecule has 1 aromatic carbocycles. The summed E-state index contributed by atoms with van der Waals surface area (Å²) in [5, 5.41) is 15.9. The van der Waals surface area contributed by atoms with Gasteiger partial charge in [0.05, 0.1) is 4.92 Å². The van der Waals surface area contributed by atoms with Gasteiger partial charge in [-0.1, -0.05) is 32.8 Å². The number of esters is 1. The van der Waals surface area contributed by atoms with Crippen LogP contribution in [0.4, 0.5) is 5.69 Å². The molecule has 1 fully saturated rings. The summed E-state index contributed by atoms with van der Waals surface area (Å²) in [7, 11) is 0. The van der Waals surface area contributed by atoms with Crippen LogP contribution in [0, 0.1) is 22.0 Å². The van der Waals surface area contributed by atoms with Crippen molar-refractivity contribution < 1.29 is 24.0 Å². The number of hydrogen-bond donors (Lipinski definition) is 2. The van der Waals surface area contributed by atoms with E-state index in [4.69, 9.17) is 4.74 Å². The van der Waals surface area contributed by atoms with E-state index in [-0.39, 0.29) is 23.2 Å². The summed E-state index contributed by atoms with van der Waals surface area (Å²) in [5.41, 5.74) is -0.168. The molecule has 0 aliphatic heterocycles. The normalized spacial score (nSPS) is 21.4. The molecule has 1 aliphatic rings. The summed E-state index contributed by atoms with van der Waals surface area (Å²) >= 11 is 0. The minimum Gasteiger partial charge on any atom is -0.454 e. The van der Waals surface area contributed by atoms with E-state index in [0.29, 0.717) is 11.8 Å². The van der Waals surface area contributed by atoms with E-state index in [1.165, 1.54) is 18.2 Å². The molecule has 2 amide bonds. The van der Waals surface area contributed by atoms with E-state index in [1.54, 1.807) is 0 Å². The Hall–Kier alpha value is -2.97. The molecule has 0 heterocycles. The van der Waals surface area contributed by atoms with E-state index in [2.05, 4.69) is 24.5 Å². The largest absolute Gasteiger partial charge is 0.454 e. The predicted octanol–water partition coefficient (Wildman–Crippen LogP) is 1.81. The minimum atomic E-state index is -0.765. The number of nitro groups is 1. The number of nitrogens with zero attached hydrogens (tertiary/aromatic N) is 1. The highest BCUT2D eigenvalue weighted by molar-refractivity contribution is 5.96. The average molecular weight is 391 g/mol. The number of ether oxygens (including phenoxy) is 1. The molecule has 152 valence electrons. The van der Waals surface area contributed by atoms with Gasteiger partial charge in [0, 0.05) is 23.7 Å². The van der Waals surface area contributed by atoms with Crippen molar-refractivity contribution in [2.75, 3.05) is 13.2 Å². The van der Waals surface area contributed by atoms with Crippen LogP contribution in [0.15, 0.2) is 24.3 Å². The van der Waals surface area contributed by atoms with Crippen LogP contribution >= 0.6 is 0 Å². The van der Waals surface area contributed by atoms with Crippen molar-refractivity contribution in [3.8, 4) is 0 Å². The van der Waals surface area contributed by atoms with Crippen molar-refractivity contribution in [2.45, 2.75) is 39.2 Å². The van der Waals surface area contributed by atoms with Crippen molar-refractivity contribution in [3.63, 3.8) is 0 Å². The number of non-ortho nitro benzene ring substituents is 1. The van der Waals surface area contributed by atoms with Crippen molar-refractivity contribution in [3.05, 3.63) is 39.9 Å². The van der Waals surface area contributed by atoms with Gasteiger partial charge in [-0.25, -0.2) is 0 Å². The molecule has 1 saturated carbocycles. The third-order valence-corrected chi connectivity index (χ3v) is 5.13. The van der Waals surface area contributed by atoms with Gasteiger partial charge >= 0.3 is 5.97 Å². The molecule has 0 saturated heterocycles. The zero-order chi connectivity index (χ0) is 20.7. The number of carbonyl (C=O) groups excluding carboxylic acids is 3. The second-order valence-electron chi connectivity index (χ2n) is 7.09. The van der Waals surface area contributed by atoms with Crippen LogP contribution in [-0.4, -0.2) is 41.9 Å². The van der Waals surface area contributed by atoms with Crippen molar-refractivity contribution >= 4 is 23.5 Å². The van der Waals surface area contributed by atoms with Gasteiger partial charge in [-0.3, -0.25) is 24.5 Å². The molecule has 2 N–H and O–H groups in total. The summed E-state index contributed by atoms with van der Waals surface area (Å²) in [6.45, 7) is 3.41. The highest BCUT2D eigenvalue weighted by Crippen LogP contribution is 2.29. The molecule has 2 rings (SSSR count). The second kappa shape index (κ2) is 9.82. The van der Waals surface area contributed by atoms with Gasteiger partial charge in [0.15, 0.2) is 6.61 Å². The predicted molar refractivity (Wildman–Crippen MR) is 100 cm³/mol. The SMILES string of the molecule is C[C@@H]1[C@H](C)CCC[C@H]1NC(=O)COC(=O)CNC(=O)c1cccc([N+](=O)[O-])c1. The van der Waals surface area contributed by atoms with E-state index >= 15 is 0 Å². The van der Waals surface area contributed by atoms with Crippen LogP contribution in [0.5, 0.6) is 0 Å². The number of benzene rings is 1. The molecule has 28 heavy (non-hydrogen) atoms. The van der Waals surface area contributed by atoms with E-state index in [0.717, 1.165) is 25.3 Å². The molecule has 0 bridgehead atoms. The quantitative estimate of drug-likeness (QED) is 0.414. The summed E-state index contributed by atoms with van der Waals surface area (Å²) in [6.07, 6.45) is 3.11. The second-order valence-corrected chi connectivity index (χ2v) is 7.09. The zero-order valence-electron chi connectivity index (χ0n) is 16.0. The lowest BCUT2D eigenvalue weighted by atomic mass is 9.78. The van der Waals surface area contributed by atoms with Crippen molar-refractivity contribution in [2.24, 2.45) is 11.8 Å². The molecule has 9 heteroatoms. The monoisotopic (exact) mass is 391 g/mol. The van der Waals surface area contributed by atoms with E-state index in [9.17, 15) is 24.5 Å². The topological polar surface area (TPSA) is 128 Å². The lowest BCUT2D eigenvalue weighted by Crippen LogP contribution is -2.45. The number of carbonyl (C=O) groups is 3. The van der Waals surface area contributed by atoms with Crippen LogP contribution in [0.2, 0.25) is 0 Å². The third kappa shape index (κ3) is 6.04. The average Bonchev–Trinajstić information content (AvgIpc) is 2.68. The lowest BCUT2D eigenvalue weighted by molar-refractivity contribution is -0.384. The molecule has 0 aromatic heterocycles. The van der Waals surface area contributed by atoms with Gasteiger partial charge in [-0.15, -0.1) is 0 Å². The number of amides is 2. The molecular weight excluding hydrogens is 366 g/mol. The summed E-state index contributed by atoms with van der Waals surface area (Å²) in [4.78, 5) is 45.8. The summed E-state index contributed by atoms with van der Waals surface area (Å²) in [6, 6.07) is 5.22. The highest BCUT2D eigenvalue weighted by Gasteiger charge is 2.28. The van der Waals surface area contributed by atoms with Crippen LogP contribution < -0.4 is 10.6 Å². The fraction of sp³-hybridized carbons (Fsp3) is 0.526. The number of rotatable bonds is 7. The molecule has 0 spiro atoms. The molecule has 3 atom stereocenters. The highest BCUT2D eigenvalue weighted by atomic mass is 16.6. The molecule has 9 nitrogen and oxygen atoms in total. The van der Waals surface area contributed by atoms with Gasteiger partial charge in [0.2, 0.25) is 0 Å². The number of hydrogen-bond acceptors (Lipinski definition) is 6. The molecule has 1 aliphatic carbocycles. The number of nitro benzene ring substituents is 1.